The minimum atomic E-state index is -0.749. The van der Waals surface area contributed by atoms with Crippen molar-refractivity contribution in [3.8, 4) is 0 Å². The first kappa shape index (κ1) is 20.9. The van der Waals surface area contributed by atoms with E-state index in [4.69, 9.17) is 21.1 Å². The van der Waals surface area contributed by atoms with E-state index in [0.29, 0.717) is 36.9 Å². The lowest BCUT2D eigenvalue weighted by atomic mass is 10.1. The number of hydrogen-bond acceptors (Lipinski definition) is 6. The van der Waals surface area contributed by atoms with E-state index in [9.17, 15) is 14.4 Å². The van der Waals surface area contributed by atoms with Crippen molar-refractivity contribution in [3.63, 3.8) is 0 Å². The molecule has 7 nitrogen and oxygen atoms in total. The Morgan fingerprint density at radius 3 is 2.34 bits per heavy atom. The maximum absolute atomic E-state index is 13.0. The van der Waals surface area contributed by atoms with Gasteiger partial charge in [0, 0.05) is 24.7 Å². The largest absolute Gasteiger partial charge is 0.462 e. The quantitative estimate of drug-likeness (QED) is 0.670. The second-order valence-corrected chi connectivity index (χ2v) is 6.97. The van der Waals surface area contributed by atoms with E-state index in [1.165, 1.54) is 10.6 Å². The summed E-state index contributed by atoms with van der Waals surface area (Å²) in [6.07, 6.45) is 0.686. The van der Waals surface area contributed by atoms with E-state index in [2.05, 4.69) is 0 Å². The van der Waals surface area contributed by atoms with Gasteiger partial charge in [-0.3, -0.25) is 9.36 Å². The molecule has 1 aliphatic heterocycles. The highest BCUT2D eigenvalue weighted by Crippen LogP contribution is 2.29. The van der Waals surface area contributed by atoms with Gasteiger partial charge in [-0.05, 0) is 38.0 Å². The second-order valence-electron chi connectivity index (χ2n) is 6.56. The van der Waals surface area contributed by atoms with Gasteiger partial charge in [0.1, 0.15) is 16.9 Å². The Bertz CT molecular complexity index is 986. The Kier molecular flexibility index (Phi) is 6.59. The molecule has 0 saturated heterocycles. The predicted molar refractivity (Wildman–Crippen MR) is 110 cm³/mol. The summed E-state index contributed by atoms with van der Waals surface area (Å²) in [6, 6.07) is 8.71. The highest BCUT2D eigenvalue weighted by Gasteiger charge is 2.30. The number of carbonyl (C=O) groups excluding carboxylic acids is 2. The molecular formula is C21H23ClN2O5. The van der Waals surface area contributed by atoms with Crippen LogP contribution in [0.5, 0.6) is 0 Å². The van der Waals surface area contributed by atoms with E-state index in [1.807, 2.05) is 23.1 Å². The molecule has 0 saturated carbocycles. The van der Waals surface area contributed by atoms with E-state index < -0.39 is 17.5 Å². The van der Waals surface area contributed by atoms with Gasteiger partial charge in [0.15, 0.2) is 0 Å². The number of ether oxygens (including phenoxy) is 2. The maximum Gasteiger partial charge on any atom is 0.343 e. The van der Waals surface area contributed by atoms with E-state index in [1.54, 1.807) is 19.9 Å². The topological polar surface area (TPSA) is 77.8 Å². The standard InChI is InChI=1S/C21H23ClN2O5/c1-3-28-20(26)15-12-16(21(27)29-4-2)19(25)24-11-7-10-23(18(15)24)13-14-8-5-6-9-17(14)22/h5-6,8-9,12H,3-4,7,10-11,13H2,1-2H3. The van der Waals surface area contributed by atoms with Crippen molar-refractivity contribution in [2.75, 3.05) is 24.7 Å². The Hall–Kier alpha value is -2.80. The number of pyridine rings is 1. The number of nitrogens with zero attached hydrogens (tertiary/aromatic N) is 2. The van der Waals surface area contributed by atoms with E-state index in [0.717, 1.165) is 5.56 Å². The van der Waals surface area contributed by atoms with Crippen molar-refractivity contribution >= 4 is 29.4 Å². The molecule has 3 rings (SSSR count). The lowest BCUT2D eigenvalue weighted by Gasteiger charge is -2.34. The lowest BCUT2D eigenvalue weighted by Crippen LogP contribution is -2.41. The number of carbonyl (C=O) groups is 2. The fourth-order valence-corrected chi connectivity index (χ4v) is 3.63. The highest BCUT2D eigenvalue weighted by molar-refractivity contribution is 6.31. The summed E-state index contributed by atoms with van der Waals surface area (Å²) in [5, 5.41) is 0.604. The predicted octanol–water partition coefficient (Wildman–Crippen LogP) is 3.27. The Morgan fingerprint density at radius 2 is 1.69 bits per heavy atom. The third-order valence-corrected chi connectivity index (χ3v) is 5.05. The summed E-state index contributed by atoms with van der Waals surface area (Å²) in [5.41, 5.74) is 0.397. The first-order valence-electron chi connectivity index (χ1n) is 9.58. The van der Waals surface area contributed by atoms with Crippen molar-refractivity contribution in [1.29, 1.82) is 0 Å². The molecule has 1 aromatic heterocycles. The molecule has 154 valence electrons. The van der Waals surface area contributed by atoms with Gasteiger partial charge in [0.05, 0.1) is 13.2 Å². The number of esters is 2. The molecule has 0 amide bonds. The molecule has 0 bridgehead atoms. The first-order valence-corrected chi connectivity index (χ1v) is 9.96. The van der Waals surface area contributed by atoms with Crippen LogP contribution in [0.2, 0.25) is 5.02 Å². The van der Waals surface area contributed by atoms with Crippen LogP contribution in [0.1, 0.15) is 46.5 Å². The number of anilines is 1. The van der Waals surface area contributed by atoms with Crippen LogP contribution in [-0.2, 0) is 22.6 Å². The fourth-order valence-electron chi connectivity index (χ4n) is 3.43. The van der Waals surface area contributed by atoms with Gasteiger partial charge in [-0.2, -0.15) is 0 Å². The van der Waals surface area contributed by atoms with Gasteiger partial charge in [0.25, 0.3) is 5.56 Å². The SMILES string of the molecule is CCOC(=O)c1cc(C(=O)OCC)c(=O)n2c1N(Cc1ccccc1Cl)CCC2. The van der Waals surface area contributed by atoms with Gasteiger partial charge >= 0.3 is 11.9 Å². The zero-order valence-corrected chi connectivity index (χ0v) is 17.2. The van der Waals surface area contributed by atoms with Gasteiger partial charge in [-0.25, -0.2) is 9.59 Å². The molecule has 0 aliphatic carbocycles. The molecule has 2 aromatic rings. The molecule has 0 atom stereocenters. The van der Waals surface area contributed by atoms with E-state index in [-0.39, 0.29) is 24.3 Å². The zero-order valence-electron chi connectivity index (χ0n) is 16.4. The lowest BCUT2D eigenvalue weighted by molar-refractivity contribution is 0.0522. The summed E-state index contributed by atoms with van der Waals surface area (Å²) >= 11 is 6.31. The van der Waals surface area contributed by atoms with Crippen LogP contribution in [0.15, 0.2) is 35.1 Å². The van der Waals surface area contributed by atoms with Crippen molar-refractivity contribution in [1.82, 2.24) is 4.57 Å². The van der Waals surface area contributed by atoms with Crippen molar-refractivity contribution in [3.05, 3.63) is 62.4 Å². The van der Waals surface area contributed by atoms with Crippen LogP contribution >= 0.6 is 11.6 Å². The Morgan fingerprint density at radius 1 is 1.03 bits per heavy atom. The summed E-state index contributed by atoms with van der Waals surface area (Å²) in [6.45, 7) is 5.12. The van der Waals surface area contributed by atoms with Crippen LogP contribution in [0, 0.1) is 0 Å². The molecule has 1 aliphatic rings. The summed E-state index contributed by atoms with van der Waals surface area (Å²) in [7, 11) is 0. The number of rotatable bonds is 6. The van der Waals surface area contributed by atoms with Crippen molar-refractivity contribution in [2.45, 2.75) is 33.4 Å². The van der Waals surface area contributed by atoms with Crippen molar-refractivity contribution < 1.29 is 19.1 Å². The molecule has 1 aromatic carbocycles. The Balaban J connectivity index is 2.14. The van der Waals surface area contributed by atoms with Gasteiger partial charge < -0.3 is 14.4 Å². The fraction of sp³-hybridized carbons (Fsp3) is 0.381. The molecule has 0 fully saturated rings. The molecule has 0 spiro atoms. The van der Waals surface area contributed by atoms with Crippen LogP contribution in [-0.4, -0.2) is 36.3 Å². The molecular weight excluding hydrogens is 396 g/mol. The molecule has 0 N–H and O–H groups in total. The molecule has 0 unspecified atom stereocenters. The van der Waals surface area contributed by atoms with Gasteiger partial charge in [0.2, 0.25) is 0 Å². The first-order chi connectivity index (χ1) is 14.0. The maximum atomic E-state index is 13.0. The van der Waals surface area contributed by atoms with Crippen LogP contribution in [0.3, 0.4) is 0 Å². The summed E-state index contributed by atoms with van der Waals surface area (Å²) in [4.78, 5) is 39.9. The van der Waals surface area contributed by atoms with Crippen LogP contribution in [0.4, 0.5) is 5.82 Å². The van der Waals surface area contributed by atoms with E-state index >= 15 is 0 Å². The third kappa shape index (κ3) is 4.29. The monoisotopic (exact) mass is 418 g/mol. The normalized spacial score (nSPS) is 13.0. The van der Waals surface area contributed by atoms with Crippen molar-refractivity contribution in [2.24, 2.45) is 0 Å². The number of aromatic nitrogens is 1. The highest BCUT2D eigenvalue weighted by atomic mass is 35.5. The van der Waals surface area contributed by atoms with Gasteiger partial charge in [-0.1, -0.05) is 29.8 Å². The minimum Gasteiger partial charge on any atom is -0.462 e. The number of hydrogen-bond donors (Lipinski definition) is 0. The average Bonchev–Trinajstić information content (AvgIpc) is 2.70. The molecule has 2 heterocycles. The number of fused-ring (bicyclic) bond motifs is 1. The summed E-state index contributed by atoms with van der Waals surface area (Å²) in [5.74, 6) is -0.901. The zero-order chi connectivity index (χ0) is 21.0. The summed E-state index contributed by atoms with van der Waals surface area (Å²) < 4.78 is 11.6. The molecule has 29 heavy (non-hydrogen) atoms. The van der Waals surface area contributed by atoms with Crippen LogP contribution in [0.25, 0.3) is 0 Å². The third-order valence-electron chi connectivity index (χ3n) is 4.68. The molecule has 8 heteroatoms. The van der Waals surface area contributed by atoms with Crippen LogP contribution < -0.4 is 10.5 Å². The van der Waals surface area contributed by atoms with Gasteiger partial charge in [-0.15, -0.1) is 0 Å². The average molecular weight is 419 g/mol. The Labute approximate surface area is 173 Å². The molecule has 0 radical (unpaired) electrons. The number of halogens is 1. The smallest absolute Gasteiger partial charge is 0.343 e. The minimum absolute atomic E-state index is 0.132. The number of benzene rings is 1. The second kappa shape index (κ2) is 9.13.